The molecule has 0 saturated carbocycles. The van der Waals surface area contributed by atoms with E-state index >= 15 is 0 Å². The minimum atomic E-state index is -3.96. The second-order valence-corrected chi connectivity index (χ2v) is 7.73. The number of rotatable bonds is 5. The summed E-state index contributed by atoms with van der Waals surface area (Å²) >= 11 is 0. The first kappa shape index (κ1) is 17.2. The molecule has 1 unspecified atom stereocenters. The molecule has 7 nitrogen and oxygen atoms in total. The fraction of sp³-hybridized carbons (Fsp3) is 0.111. The number of hydrogen-bond donors (Lipinski definition) is 2. The van der Waals surface area contributed by atoms with E-state index in [1.165, 1.54) is 35.3 Å². The lowest BCUT2D eigenvalue weighted by molar-refractivity contribution is 0.556. The molecule has 2 N–H and O–H groups in total. The third-order valence-corrected chi connectivity index (χ3v) is 5.70. The summed E-state index contributed by atoms with van der Waals surface area (Å²) in [6, 6.07) is 13.9. The second kappa shape index (κ2) is 6.84. The first-order valence-electron chi connectivity index (χ1n) is 8.19. The van der Waals surface area contributed by atoms with Crippen LogP contribution in [0.25, 0.3) is 0 Å². The minimum absolute atomic E-state index is 0.375. The van der Waals surface area contributed by atoms with Gasteiger partial charge in [0, 0.05) is 17.8 Å². The largest absolute Gasteiger partial charge is 0.372 e. The number of sulfonamides is 1. The Balaban J connectivity index is 1.83. The van der Waals surface area contributed by atoms with Crippen molar-refractivity contribution in [2.75, 3.05) is 4.72 Å². The smallest absolute Gasteiger partial charge is 0.260 e. The summed E-state index contributed by atoms with van der Waals surface area (Å²) in [4.78, 5) is 4.24. The maximum atomic E-state index is 13.4. The number of halogens is 1. The van der Waals surface area contributed by atoms with E-state index in [2.05, 4.69) is 20.1 Å². The zero-order valence-corrected chi connectivity index (χ0v) is 14.9. The number of hydrogen-bond acceptors (Lipinski definition) is 5. The van der Waals surface area contributed by atoms with Crippen molar-refractivity contribution < 1.29 is 12.8 Å². The van der Waals surface area contributed by atoms with Crippen molar-refractivity contribution in [3.63, 3.8) is 0 Å². The van der Waals surface area contributed by atoms with Gasteiger partial charge in [0.2, 0.25) is 0 Å². The van der Waals surface area contributed by atoms with E-state index in [9.17, 15) is 12.8 Å². The molecule has 0 bridgehead atoms. The van der Waals surface area contributed by atoms with E-state index in [1.54, 1.807) is 36.5 Å². The van der Waals surface area contributed by atoms with E-state index in [-0.39, 0.29) is 0 Å². The lowest BCUT2D eigenvalue weighted by Gasteiger charge is -2.21. The Hall–Kier alpha value is -3.20. The molecule has 0 spiro atoms. The molecule has 1 aromatic heterocycles. The molecule has 9 heteroatoms. The quantitative estimate of drug-likeness (QED) is 0.707. The second-order valence-electron chi connectivity index (χ2n) is 5.99. The summed E-state index contributed by atoms with van der Waals surface area (Å²) in [5, 5.41) is 6.00. The van der Waals surface area contributed by atoms with Gasteiger partial charge in [0.1, 0.15) is 5.82 Å². The minimum Gasteiger partial charge on any atom is -0.372 e. The average Bonchev–Trinajstić information content (AvgIpc) is 3.08. The standard InChI is InChI=1S/C18H16FN5O2S/c19-15-8-6-13(7-9-15)18(24-17-14(11-22-24)10-20-12-21-17)27(25,26)23-16-4-2-1-3-5-16/h1-9,11-12,18,23H,10H2,(H,20,21). The highest BCUT2D eigenvalue weighted by Gasteiger charge is 2.33. The van der Waals surface area contributed by atoms with Crippen molar-refractivity contribution in [2.45, 2.75) is 11.9 Å². The number of aliphatic imine (C=N–C) groups is 1. The van der Waals surface area contributed by atoms with Gasteiger partial charge in [-0.25, -0.2) is 22.5 Å². The third kappa shape index (κ3) is 3.41. The Bertz CT molecular complexity index is 1080. The Kier molecular flexibility index (Phi) is 4.36. The van der Waals surface area contributed by atoms with Gasteiger partial charge in [-0.1, -0.05) is 30.3 Å². The fourth-order valence-electron chi connectivity index (χ4n) is 2.90. The van der Waals surface area contributed by atoms with Gasteiger partial charge in [-0.3, -0.25) is 4.72 Å². The number of para-hydroxylation sites is 1. The molecular formula is C18H16FN5O2S. The molecule has 4 rings (SSSR count). The Morgan fingerprint density at radius 1 is 1.11 bits per heavy atom. The predicted molar refractivity (Wildman–Crippen MR) is 101 cm³/mol. The fourth-order valence-corrected chi connectivity index (χ4v) is 4.41. The Labute approximate surface area is 155 Å². The molecule has 0 saturated heterocycles. The molecule has 2 aromatic carbocycles. The number of nitrogens with one attached hydrogen (secondary N) is 2. The molecule has 27 heavy (non-hydrogen) atoms. The highest BCUT2D eigenvalue weighted by Crippen LogP contribution is 2.32. The zero-order chi connectivity index (χ0) is 18.9. The van der Waals surface area contributed by atoms with E-state index in [0.29, 0.717) is 23.6 Å². The van der Waals surface area contributed by atoms with Crippen LogP contribution in [-0.2, 0) is 16.6 Å². The van der Waals surface area contributed by atoms with Gasteiger partial charge in [-0.15, -0.1) is 0 Å². The van der Waals surface area contributed by atoms with Crippen LogP contribution < -0.4 is 10.0 Å². The lowest BCUT2D eigenvalue weighted by atomic mass is 10.2. The molecular weight excluding hydrogens is 369 g/mol. The third-order valence-electron chi connectivity index (χ3n) is 4.12. The molecule has 1 aliphatic heterocycles. The van der Waals surface area contributed by atoms with E-state index < -0.39 is 21.2 Å². The Morgan fingerprint density at radius 2 is 1.85 bits per heavy atom. The van der Waals surface area contributed by atoms with E-state index in [1.807, 2.05) is 0 Å². The van der Waals surface area contributed by atoms with E-state index in [4.69, 9.17) is 0 Å². The maximum Gasteiger partial charge on any atom is 0.260 e. The van der Waals surface area contributed by atoms with Gasteiger partial charge in [-0.05, 0) is 29.8 Å². The first-order valence-corrected chi connectivity index (χ1v) is 9.74. The van der Waals surface area contributed by atoms with Gasteiger partial charge in [0.15, 0.2) is 11.2 Å². The lowest BCUT2D eigenvalue weighted by Crippen LogP contribution is -2.28. The first-order chi connectivity index (χ1) is 13.0. The van der Waals surface area contributed by atoms with Crippen LogP contribution >= 0.6 is 0 Å². The molecule has 0 fully saturated rings. The van der Waals surface area contributed by atoms with Crippen LogP contribution in [0.1, 0.15) is 16.5 Å². The van der Waals surface area contributed by atoms with E-state index in [0.717, 1.165) is 5.56 Å². The number of anilines is 1. The van der Waals surface area contributed by atoms with Gasteiger partial charge in [0.25, 0.3) is 10.0 Å². The van der Waals surface area contributed by atoms with Crippen molar-refractivity contribution in [1.29, 1.82) is 0 Å². The van der Waals surface area contributed by atoms with Gasteiger partial charge in [-0.2, -0.15) is 5.10 Å². The summed E-state index contributed by atoms with van der Waals surface area (Å²) < 4.78 is 43.8. The number of nitrogens with zero attached hydrogens (tertiary/aromatic N) is 3. The van der Waals surface area contributed by atoms with Crippen molar-refractivity contribution in [3.05, 3.63) is 77.7 Å². The van der Waals surface area contributed by atoms with Crippen molar-refractivity contribution in [1.82, 2.24) is 15.1 Å². The van der Waals surface area contributed by atoms with Crippen LogP contribution in [0.4, 0.5) is 15.9 Å². The highest BCUT2D eigenvalue weighted by molar-refractivity contribution is 7.92. The van der Waals surface area contributed by atoms with Crippen LogP contribution in [0.3, 0.4) is 0 Å². The zero-order valence-electron chi connectivity index (χ0n) is 14.1. The molecule has 0 amide bonds. The van der Waals surface area contributed by atoms with Crippen molar-refractivity contribution >= 4 is 27.9 Å². The molecule has 0 aliphatic carbocycles. The molecule has 1 atom stereocenters. The summed E-state index contributed by atoms with van der Waals surface area (Å²) in [6.07, 6.45) is 3.08. The normalized spacial score (nSPS) is 14.3. The monoisotopic (exact) mass is 385 g/mol. The molecule has 138 valence electrons. The van der Waals surface area contributed by atoms with Crippen LogP contribution in [0.15, 0.2) is 65.8 Å². The van der Waals surface area contributed by atoms with Crippen LogP contribution in [-0.4, -0.2) is 24.5 Å². The summed E-state index contributed by atoms with van der Waals surface area (Å²) in [5.74, 6) is -0.00265. The average molecular weight is 385 g/mol. The van der Waals surface area contributed by atoms with Gasteiger partial charge < -0.3 is 5.32 Å². The van der Waals surface area contributed by atoms with Gasteiger partial charge in [0.05, 0.1) is 12.5 Å². The van der Waals surface area contributed by atoms with Crippen molar-refractivity contribution in [2.24, 2.45) is 4.99 Å². The Morgan fingerprint density at radius 3 is 2.59 bits per heavy atom. The molecule has 1 aliphatic rings. The van der Waals surface area contributed by atoms with Crippen molar-refractivity contribution in [3.8, 4) is 0 Å². The van der Waals surface area contributed by atoms with Crippen LogP contribution in [0.5, 0.6) is 0 Å². The molecule has 2 heterocycles. The van der Waals surface area contributed by atoms with Crippen LogP contribution in [0, 0.1) is 5.82 Å². The summed E-state index contributed by atoms with van der Waals surface area (Å²) in [5.41, 5.74) is 1.58. The maximum absolute atomic E-state index is 13.4. The number of aromatic nitrogens is 2. The topological polar surface area (TPSA) is 88.4 Å². The molecule has 0 radical (unpaired) electrons. The highest BCUT2D eigenvalue weighted by atomic mass is 32.2. The number of fused-ring (bicyclic) bond motifs is 1. The predicted octanol–water partition coefficient (Wildman–Crippen LogP) is 2.77. The van der Waals surface area contributed by atoms with Gasteiger partial charge >= 0.3 is 0 Å². The summed E-state index contributed by atoms with van der Waals surface area (Å²) in [7, 11) is -3.96. The van der Waals surface area contributed by atoms with Crippen LogP contribution in [0.2, 0.25) is 0 Å². The number of benzene rings is 2. The SMILES string of the molecule is O=S(=O)(Nc1ccccc1)C(c1ccc(F)cc1)n1ncc2c1N=CNC2. The summed E-state index contributed by atoms with van der Waals surface area (Å²) in [6.45, 7) is 0.501. The molecule has 3 aromatic rings.